The topological polar surface area (TPSA) is 78.4 Å². The second-order valence-corrected chi connectivity index (χ2v) is 4.01. The molecule has 15 heavy (non-hydrogen) atoms. The molecule has 3 N–H and O–H groups in total. The van der Waals surface area contributed by atoms with E-state index in [9.17, 15) is 9.59 Å². The molecule has 1 rings (SSSR count). The van der Waals surface area contributed by atoms with Gasteiger partial charge in [-0.1, -0.05) is 6.42 Å². The molecule has 2 atom stereocenters. The number of rotatable bonds is 4. The number of carbonyl (C=O) groups is 2. The first-order valence-electron chi connectivity index (χ1n) is 5.35. The molecule has 0 aromatic rings. The molecule has 5 heteroatoms. The number of hydrogen-bond donors (Lipinski definition) is 3. The highest BCUT2D eigenvalue weighted by Gasteiger charge is 2.22. The van der Waals surface area contributed by atoms with Crippen molar-refractivity contribution < 1.29 is 14.7 Å². The summed E-state index contributed by atoms with van der Waals surface area (Å²) in [4.78, 5) is 22.0. The smallest absolute Gasteiger partial charge is 0.305 e. The summed E-state index contributed by atoms with van der Waals surface area (Å²) in [5, 5.41) is 14.4. The van der Waals surface area contributed by atoms with Crippen molar-refractivity contribution in [2.45, 2.75) is 44.7 Å². The van der Waals surface area contributed by atoms with Gasteiger partial charge in [0.1, 0.15) is 0 Å². The number of piperidine rings is 1. The van der Waals surface area contributed by atoms with Gasteiger partial charge < -0.3 is 15.7 Å². The van der Waals surface area contributed by atoms with Crippen LogP contribution in [0.15, 0.2) is 0 Å². The molecule has 86 valence electrons. The normalized spacial score (nSPS) is 23.1. The van der Waals surface area contributed by atoms with Crippen molar-refractivity contribution in [3.8, 4) is 0 Å². The number of carbonyl (C=O) groups excluding carboxylic acids is 1. The maximum Gasteiger partial charge on any atom is 0.305 e. The monoisotopic (exact) mass is 214 g/mol. The number of amides is 1. The Kier molecular flexibility index (Phi) is 4.55. The lowest BCUT2D eigenvalue weighted by Gasteiger charge is -2.24. The van der Waals surface area contributed by atoms with E-state index >= 15 is 0 Å². The van der Waals surface area contributed by atoms with Gasteiger partial charge in [0.15, 0.2) is 0 Å². The molecule has 1 aliphatic heterocycles. The second-order valence-electron chi connectivity index (χ2n) is 4.01. The summed E-state index contributed by atoms with van der Waals surface area (Å²) in [5.41, 5.74) is 0. The molecule has 1 heterocycles. The highest BCUT2D eigenvalue weighted by molar-refractivity contribution is 5.82. The van der Waals surface area contributed by atoms with Crippen LogP contribution >= 0.6 is 0 Å². The van der Waals surface area contributed by atoms with E-state index in [1.54, 1.807) is 6.92 Å². The molecule has 1 fully saturated rings. The predicted molar refractivity (Wildman–Crippen MR) is 55.5 cm³/mol. The van der Waals surface area contributed by atoms with E-state index in [1.807, 2.05) is 0 Å². The van der Waals surface area contributed by atoms with E-state index in [2.05, 4.69) is 10.6 Å². The SMILES string of the molecule is CC(CC(=O)O)NC(=O)C1CCCCN1. The average Bonchev–Trinajstić information content (AvgIpc) is 2.17. The lowest BCUT2D eigenvalue weighted by Crippen LogP contribution is -2.49. The van der Waals surface area contributed by atoms with Crippen LogP contribution in [-0.4, -0.2) is 35.6 Å². The molecule has 2 unspecified atom stereocenters. The van der Waals surface area contributed by atoms with Crippen molar-refractivity contribution in [2.75, 3.05) is 6.54 Å². The molecule has 0 bridgehead atoms. The van der Waals surface area contributed by atoms with Crippen molar-refractivity contribution in [1.29, 1.82) is 0 Å². The van der Waals surface area contributed by atoms with Crippen molar-refractivity contribution in [1.82, 2.24) is 10.6 Å². The standard InChI is InChI=1S/C10H18N2O3/c1-7(6-9(13)14)12-10(15)8-4-2-3-5-11-8/h7-8,11H,2-6H2,1H3,(H,12,15)(H,13,14). The Balaban J connectivity index is 2.30. The van der Waals surface area contributed by atoms with Crippen LogP contribution in [0.5, 0.6) is 0 Å². The van der Waals surface area contributed by atoms with Crippen LogP contribution in [0.25, 0.3) is 0 Å². The first kappa shape index (κ1) is 12.0. The fourth-order valence-corrected chi connectivity index (χ4v) is 1.73. The van der Waals surface area contributed by atoms with Crippen molar-refractivity contribution in [2.24, 2.45) is 0 Å². The summed E-state index contributed by atoms with van der Waals surface area (Å²) in [6.07, 6.45) is 2.97. The first-order chi connectivity index (χ1) is 7.09. The van der Waals surface area contributed by atoms with Crippen molar-refractivity contribution >= 4 is 11.9 Å². The number of hydrogen-bond acceptors (Lipinski definition) is 3. The highest BCUT2D eigenvalue weighted by Crippen LogP contribution is 2.07. The van der Waals surface area contributed by atoms with Gasteiger partial charge in [-0.2, -0.15) is 0 Å². The van der Waals surface area contributed by atoms with E-state index in [-0.39, 0.29) is 24.4 Å². The van der Waals surface area contributed by atoms with Crippen LogP contribution in [-0.2, 0) is 9.59 Å². The first-order valence-corrected chi connectivity index (χ1v) is 5.35. The van der Waals surface area contributed by atoms with E-state index in [4.69, 9.17) is 5.11 Å². The lowest BCUT2D eigenvalue weighted by molar-refractivity contribution is -0.137. The molecule has 5 nitrogen and oxygen atoms in total. The van der Waals surface area contributed by atoms with Gasteiger partial charge in [-0.15, -0.1) is 0 Å². The Morgan fingerprint density at radius 1 is 1.53 bits per heavy atom. The van der Waals surface area contributed by atoms with Crippen molar-refractivity contribution in [3.63, 3.8) is 0 Å². The molecule has 1 aliphatic rings. The lowest BCUT2D eigenvalue weighted by atomic mass is 10.0. The maximum atomic E-state index is 11.6. The van der Waals surface area contributed by atoms with E-state index in [1.165, 1.54) is 0 Å². The third kappa shape index (κ3) is 4.29. The van der Waals surface area contributed by atoms with Crippen LogP contribution in [0, 0.1) is 0 Å². The molecule has 0 aromatic carbocycles. The zero-order valence-corrected chi connectivity index (χ0v) is 8.95. The molecule has 1 amide bonds. The van der Waals surface area contributed by atoms with Crippen LogP contribution in [0.4, 0.5) is 0 Å². The number of carboxylic acids is 1. The molecule has 0 spiro atoms. The molecular formula is C10H18N2O3. The summed E-state index contributed by atoms with van der Waals surface area (Å²) in [6.45, 7) is 2.57. The average molecular weight is 214 g/mol. The fraction of sp³-hybridized carbons (Fsp3) is 0.800. The zero-order chi connectivity index (χ0) is 11.3. The Hall–Kier alpha value is -1.10. The Morgan fingerprint density at radius 2 is 2.27 bits per heavy atom. The van der Waals surface area contributed by atoms with Gasteiger partial charge in [0, 0.05) is 6.04 Å². The second kappa shape index (κ2) is 5.70. The van der Waals surface area contributed by atoms with E-state index < -0.39 is 5.97 Å². The summed E-state index contributed by atoms with van der Waals surface area (Å²) in [5.74, 6) is -0.970. The minimum absolute atomic E-state index is 0.0293. The highest BCUT2D eigenvalue weighted by atomic mass is 16.4. The van der Waals surface area contributed by atoms with Gasteiger partial charge in [0.25, 0.3) is 0 Å². The maximum absolute atomic E-state index is 11.6. The van der Waals surface area contributed by atoms with E-state index in [0.29, 0.717) is 0 Å². The van der Waals surface area contributed by atoms with Gasteiger partial charge in [-0.05, 0) is 26.3 Å². The Morgan fingerprint density at radius 3 is 2.80 bits per heavy atom. The molecule has 0 saturated carbocycles. The molecule has 1 saturated heterocycles. The van der Waals surface area contributed by atoms with Gasteiger partial charge in [-0.25, -0.2) is 0 Å². The number of aliphatic carboxylic acids is 1. The van der Waals surface area contributed by atoms with Crippen LogP contribution in [0.2, 0.25) is 0 Å². The molecular weight excluding hydrogens is 196 g/mol. The van der Waals surface area contributed by atoms with E-state index in [0.717, 1.165) is 25.8 Å². The number of nitrogens with one attached hydrogen (secondary N) is 2. The van der Waals surface area contributed by atoms with Crippen molar-refractivity contribution in [3.05, 3.63) is 0 Å². The quantitative estimate of drug-likeness (QED) is 0.620. The summed E-state index contributed by atoms with van der Waals surface area (Å²) >= 11 is 0. The van der Waals surface area contributed by atoms with Gasteiger partial charge >= 0.3 is 5.97 Å². The molecule has 0 aliphatic carbocycles. The molecule has 0 aromatic heterocycles. The van der Waals surface area contributed by atoms with Crippen LogP contribution in [0.3, 0.4) is 0 Å². The predicted octanol–water partition coefficient (Wildman–Crippen LogP) is 0.108. The summed E-state index contributed by atoms with van der Waals surface area (Å²) in [7, 11) is 0. The minimum Gasteiger partial charge on any atom is -0.481 e. The Bertz CT molecular complexity index is 237. The Labute approximate surface area is 89.2 Å². The zero-order valence-electron chi connectivity index (χ0n) is 8.95. The molecule has 0 radical (unpaired) electrons. The third-order valence-corrected chi connectivity index (χ3v) is 2.50. The third-order valence-electron chi connectivity index (χ3n) is 2.50. The fourth-order valence-electron chi connectivity index (χ4n) is 1.73. The van der Waals surface area contributed by atoms with Gasteiger partial charge in [0.2, 0.25) is 5.91 Å². The van der Waals surface area contributed by atoms with Crippen LogP contribution < -0.4 is 10.6 Å². The van der Waals surface area contributed by atoms with Crippen LogP contribution in [0.1, 0.15) is 32.6 Å². The van der Waals surface area contributed by atoms with Gasteiger partial charge in [-0.3, -0.25) is 9.59 Å². The number of carboxylic acid groups (broad SMARTS) is 1. The largest absolute Gasteiger partial charge is 0.481 e. The minimum atomic E-state index is -0.889. The summed E-state index contributed by atoms with van der Waals surface area (Å²) < 4.78 is 0. The van der Waals surface area contributed by atoms with Gasteiger partial charge in [0.05, 0.1) is 12.5 Å². The summed E-state index contributed by atoms with van der Waals surface area (Å²) in [6, 6.07) is -0.450.